The van der Waals surface area contributed by atoms with Crippen molar-refractivity contribution in [2.24, 2.45) is 0 Å². The number of aliphatic hydroxyl groups is 1. The number of carbonyl (C=O) groups excluding carboxylic acids is 4. The SMILES string of the molecule is CC/C=C\C/C=C\C/C=C\C/C=C\CCCCCCC(=O)OCC(COP(=O)(O)OCC(O)COP(=O)(O)OCC(COC(=O)CCCCCC/C=C\C/C=C\C/C=C\C/C=C\CC)OC(=O)CCCCCCC/C=C\C/C=C\CCCCC)OC(=O)CCCCCCC/C=C\C/C=C\CCC. The summed E-state index contributed by atoms with van der Waals surface area (Å²) < 4.78 is 68.5. The first-order valence-corrected chi connectivity index (χ1v) is 42.1. The van der Waals surface area contributed by atoms with Crippen LogP contribution < -0.4 is 0 Å². The van der Waals surface area contributed by atoms with Crippen LogP contribution in [0.2, 0.25) is 0 Å². The van der Waals surface area contributed by atoms with Crippen LogP contribution in [0.15, 0.2) is 146 Å². The third-order valence-electron chi connectivity index (χ3n) is 15.7. The van der Waals surface area contributed by atoms with Gasteiger partial charge < -0.3 is 33.8 Å². The fourth-order valence-corrected chi connectivity index (χ4v) is 11.4. The van der Waals surface area contributed by atoms with Crippen LogP contribution in [-0.2, 0) is 65.4 Å². The smallest absolute Gasteiger partial charge is 0.462 e. The Morgan fingerprint density at radius 3 is 0.824 bits per heavy atom. The number of rotatable bonds is 72. The number of allylic oxidation sites excluding steroid dienone is 24. The van der Waals surface area contributed by atoms with Crippen molar-refractivity contribution in [3.63, 3.8) is 0 Å². The highest BCUT2D eigenvalue weighted by atomic mass is 31.2. The van der Waals surface area contributed by atoms with Gasteiger partial charge in [0.1, 0.15) is 19.3 Å². The maximum atomic E-state index is 13.1. The minimum atomic E-state index is -4.99. The Kier molecular flexibility index (Phi) is 70.5. The monoisotopic (exact) mass is 1470 g/mol. The second kappa shape index (κ2) is 74.2. The van der Waals surface area contributed by atoms with Crippen molar-refractivity contribution in [1.82, 2.24) is 0 Å². The largest absolute Gasteiger partial charge is 0.472 e. The molecule has 0 aromatic rings. The third-order valence-corrected chi connectivity index (χ3v) is 17.7. The van der Waals surface area contributed by atoms with E-state index in [1.54, 1.807) is 0 Å². The van der Waals surface area contributed by atoms with E-state index in [0.29, 0.717) is 25.7 Å². The van der Waals surface area contributed by atoms with Crippen LogP contribution in [0.4, 0.5) is 0 Å². The zero-order valence-electron chi connectivity index (χ0n) is 63.5. The molecular formula is C83H138O17P2. The van der Waals surface area contributed by atoms with Gasteiger partial charge in [0.25, 0.3) is 0 Å². The molecule has 0 spiro atoms. The quantitative estimate of drug-likeness (QED) is 0.0169. The normalized spacial score (nSPS) is 14.7. The highest BCUT2D eigenvalue weighted by Crippen LogP contribution is 2.45. The van der Waals surface area contributed by atoms with E-state index in [1.807, 2.05) is 0 Å². The first kappa shape index (κ1) is 96.9. The molecule has 0 aliphatic rings. The number of phosphoric ester groups is 2. The first-order valence-electron chi connectivity index (χ1n) is 39.1. The van der Waals surface area contributed by atoms with E-state index in [4.69, 9.17) is 37.0 Å². The average molecular weight is 1470 g/mol. The van der Waals surface area contributed by atoms with E-state index >= 15 is 0 Å². The molecule has 17 nitrogen and oxygen atoms in total. The number of aliphatic hydroxyl groups excluding tert-OH is 1. The van der Waals surface area contributed by atoms with Gasteiger partial charge in [-0.05, 0) is 161 Å². The molecule has 0 rings (SSSR count). The summed E-state index contributed by atoms with van der Waals surface area (Å²) in [7, 11) is -9.98. The van der Waals surface area contributed by atoms with E-state index in [1.165, 1.54) is 19.3 Å². The van der Waals surface area contributed by atoms with Crippen LogP contribution in [0.3, 0.4) is 0 Å². The maximum Gasteiger partial charge on any atom is 0.472 e. The van der Waals surface area contributed by atoms with E-state index in [-0.39, 0.29) is 25.7 Å². The van der Waals surface area contributed by atoms with Gasteiger partial charge in [-0.25, -0.2) is 9.13 Å². The highest BCUT2D eigenvalue weighted by Gasteiger charge is 2.30. The molecule has 0 bridgehead atoms. The van der Waals surface area contributed by atoms with Gasteiger partial charge in [0.2, 0.25) is 0 Å². The summed E-state index contributed by atoms with van der Waals surface area (Å²) in [6, 6.07) is 0. The van der Waals surface area contributed by atoms with E-state index in [9.17, 15) is 43.2 Å². The summed E-state index contributed by atoms with van der Waals surface area (Å²) in [5.41, 5.74) is 0. The lowest BCUT2D eigenvalue weighted by atomic mass is 10.1. The summed E-state index contributed by atoms with van der Waals surface area (Å²) in [6.07, 6.45) is 84.0. The Hall–Kier alpha value is -5.06. The van der Waals surface area contributed by atoms with Crippen molar-refractivity contribution in [3.8, 4) is 0 Å². The van der Waals surface area contributed by atoms with Crippen molar-refractivity contribution in [3.05, 3.63) is 146 Å². The Labute approximate surface area is 617 Å². The van der Waals surface area contributed by atoms with Gasteiger partial charge in [-0.1, -0.05) is 257 Å². The number of unbranched alkanes of at least 4 members (excludes halogenated alkanes) is 22. The summed E-state index contributed by atoms with van der Waals surface area (Å²) in [5.74, 6) is -2.26. The molecule has 3 N–H and O–H groups in total. The van der Waals surface area contributed by atoms with Crippen molar-refractivity contribution < 1.29 is 80.2 Å². The summed E-state index contributed by atoms with van der Waals surface area (Å²) in [4.78, 5) is 73.0. The molecule has 0 radical (unpaired) electrons. The molecule has 0 aromatic heterocycles. The molecule has 0 aromatic carbocycles. The summed E-state index contributed by atoms with van der Waals surface area (Å²) in [6.45, 7) is 4.46. The van der Waals surface area contributed by atoms with Crippen LogP contribution >= 0.6 is 15.6 Å². The lowest BCUT2D eigenvalue weighted by Gasteiger charge is -2.21. The molecule has 19 heteroatoms. The predicted molar refractivity (Wildman–Crippen MR) is 417 cm³/mol. The average Bonchev–Trinajstić information content (AvgIpc) is 0.908. The molecule has 5 unspecified atom stereocenters. The molecule has 0 saturated carbocycles. The molecule has 0 heterocycles. The molecular weight excluding hydrogens is 1330 g/mol. The topological polar surface area (TPSA) is 237 Å². The minimum Gasteiger partial charge on any atom is -0.462 e. The number of carbonyl (C=O) groups is 4. The van der Waals surface area contributed by atoms with Gasteiger partial charge in [-0.15, -0.1) is 0 Å². The Balaban J connectivity index is 5.42. The van der Waals surface area contributed by atoms with Gasteiger partial charge in [-0.3, -0.25) is 37.3 Å². The predicted octanol–water partition coefficient (Wildman–Crippen LogP) is 22.7. The van der Waals surface area contributed by atoms with Crippen molar-refractivity contribution >= 4 is 39.5 Å². The van der Waals surface area contributed by atoms with Crippen LogP contribution in [0.5, 0.6) is 0 Å². The van der Waals surface area contributed by atoms with Gasteiger partial charge in [0, 0.05) is 25.7 Å². The van der Waals surface area contributed by atoms with E-state index in [2.05, 4.69) is 174 Å². The number of esters is 4. The van der Waals surface area contributed by atoms with Crippen LogP contribution in [0, 0.1) is 0 Å². The fraction of sp³-hybridized carbons (Fsp3) is 0.663. The van der Waals surface area contributed by atoms with Crippen LogP contribution in [0.1, 0.15) is 297 Å². The van der Waals surface area contributed by atoms with Crippen LogP contribution in [-0.4, -0.2) is 96.7 Å². The molecule has 0 amide bonds. The highest BCUT2D eigenvalue weighted by molar-refractivity contribution is 7.47. The van der Waals surface area contributed by atoms with Crippen molar-refractivity contribution in [2.45, 2.75) is 316 Å². The van der Waals surface area contributed by atoms with E-state index in [0.717, 1.165) is 199 Å². The lowest BCUT2D eigenvalue weighted by Crippen LogP contribution is -2.30. The molecule has 0 saturated heterocycles. The van der Waals surface area contributed by atoms with Gasteiger partial charge in [0.05, 0.1) is 26.4 Å². The van der Waals surface area contributed by atoms with E-state index < -0.39 is 97.5 Å². The number of hydrogen-bond acceptors (Lipinski definition) is 15. The van der Waals surface area contributed by atoms with Crippen molar-refractivity contribution in [2.75, 3.05) is 39.6 Å². The molecule has 0 fully saturated rings. The molecule has 5 atom stereocenters. The third kappa shape index (κ3) is 73.3. The summed E-state index contributed by atoms with van der Waals surface area (Å²) in [5, 5.41) is 10.6. The molecule has 582 valence electrons. The Bertz CT molecular complexity index is 2510. The molecule has 102 heavy (non-hydrogen) atoms. The first-order chi connectivity index (χ1) is 49.7. The van der Waals surface area contributed by atoms with Gasteiger partial charge in [-0.2, -0.15) is 0 Å². The zero-order chi connectivity index (χ0) is 74.6. The molecule has 0 aliphatic heterocycles. The lowest BCUT2D eigenvalue weighted by molar-refractivity contribution is -0.161. The standard InChI is InChI=1S/C83H138O17P2/c1-5-9-13-17-21-25-29-33-36-38-41-44-47-51-55-59-63-67-80(85)93-73-78(99-82(87)69-65-61-57-53-49-43-32-28-24-20-16-12-8-4)75-97-101(89,90)95-71-77(84)72-96-102(91,92)98-76-79(100-83(88)70-66-62-58-54-50-46-40-35-31-27-23-19-15-11-7-3)74-94-81(86)68-64-60-56-52-48-45-42-39-37-34-30-26-22-18-14-10-6-2/h9-10,13-14,16,20-23,25-28,32-37,40-42,44-45,77-79,84H,5-8,11-12,15,17-19,24,29-31,38-39,43,46-76H2,1-4H3,(H,89,90)(H,91,92)/b13-9-,14-10-,20-16-,25-21-,26-22-,27-23-,32-28-,36-33-,37-34-,40-35-,44-41-,45-42-. The number of ether oxygens (including phenoxy) is 4. The Morgan fingerprint density at radius 2 is 0.529 bits per heavy atom. The Morgan fingerprint density at radius 1 is 0.284 bits per heavy atom. The molecule has 0 aliphatic carbocycles. The number of hydrogen-bond donors (Lipinski definition) is 3. The second-order valence-electron chi connectivity index (χ2n) is 25.5. The zero-order valence-corrected chi connectivity index (χ0v) is 65.3. The van der Waals surface area contributed by atoms with Crippen molar-refractivity contribution in [1.29, 1.82) is 0 Å². The maximum absolute atomic E-state index is 13.1. The minimum absolute atomic E-state index is 0.0683. The van der Waals surface area contributed by atoms with Crippen LogP contribution in [0.25, 0.3) is 0 Å². The fourth-order valence-electron chi connectivity index (χ4n) is 9.86. The van der Waals surface area contributed by atoms with Gasteiger partial charge in [0.15, 0.2) is 12.2 Å². The van der Waals surface area contributed by atoms with Gasteiger partial charge >= 0.3 is 39.5 Å². The second-order valence-corrected chi connectivity index (χ2v) is 28.4. The number of phosphoric acid groups is 2. The summed E-state index contributed by atoms with van der Waals surface area (Å²) >= 11 is 0.